The highest BCUT2D eigenvalue weighted by Crippen LogP contribution is 2.35. The molecule has 5 N–H and O–H groups in total. The van der Waals surface area contributed by atoms with Gasteiger partial charge in [-0.05, 0) is 52.3 Å². The molecular weight excluding hydrogens is 599 g/mol. The molecule has 0 spiro atoms. The number of aryl methyl sites for hydroxylation is 1. The van der Waals surface area contributed by atoms with Crippen LogP contribution in [0.3, 0.4) is 0 Å². The Morgan fingerprint density at radius 2 is 1.74 bits per heavy atom. The smallest absolute Gasteiger partial charge is 0.253 e. The number of ether oxygens (including phenoxy) is 2. The summed E-state index contributed by atoms with van der Waals surface area (Å²) in [7, 11) is 12.4. The third kappa shape index (κ3) is 7.79. The van der Waals surface area contributed by atoms with Crippen LogP contribution in [-0.2, 0) is 38.2 Å². The van der Waals surface area contributed by atoms with Crippen molar-refractivity contribution in [3.63, 3.8) is 0 Å². The molecule has 3 rings (SSSR count). The van der Waals surface area contributed by atoms with Gasteiger partial charge in [-0.3, -0.25) is 9.59 Å². The second-order valence-electron chi connectivity index (χ2n) is 12.8. The molecule has 1 saturated heterocycles. The minimum atomic E-state index is -3.12. The second-order valence-corrected chi connectivity index (χ2v) is 12.8. The van der Waals surface area contributed by atoms with Crippen molar-refractivity contribution in [2.24, 2.45) is 0 Å². The van der Waals surface area contributed by atoms with Crippen molar-refractivity contribution < 1.29 is 48.7 Å². The molecule has 0 aromatic heterocycles. The molecule has 1 aliphatic rings. The number of hydrogen-bond donors (Lipinski definition) is 5. The van der Waals surface area contributed by atoms with Crippen molar-refractivity contribution in [2.45, 2.75) is 81.9 Å². The standard InChI is InChI=1S/C31H40B2FN3O9/c1-19-8-7-9-24(22(19)13-36(18-39)25(26(40)35-6)30(33,42)29(32,41)17-38)45-14-20-10-11-21(12-23(20)34)31(43,44)37-15-27(2,3)46-28(4,5)16-37/h7-12,17-18,25,41-44H,13-16H2,1-6H3,(H,35,40). The lowest BCUT2D eigenvalue weighted by molar-refractivity contribution is -0.321. The fourth-order valence-electron chi connectivity index (χ4n) is 5.66. The third-order valence-electron chi connectivity index (χ3n) is 7.87. The first-order valence-electron chi connectivity index (χ1n) is 14.4. The maximum Gasteiger partial charge on any atom is 0.253 e. The minimum absolute atomic E-state index is 0.0700. The average Bonchev–Trinajstić information content (AvgIpc) is 2.95. The first-order chi connectivity index (χ1) is 21.1. The lowest BCUT2D eigenvalue weighted by atomic mass is 9.55. The van der Waals surface area contributed by atoms with Gasteiger partial charge in [0, 0.05) is 36.8 Å². The quantitative estimate of drug-likeness (QED) is 0.111. The van der Waals surface area contributed by atoms with E-state index in [0.717, 1.165) is 11.0 Å². The van der Waals surface area contributed by atoms with E-state index in [4.69, 9.17) is 25.2 Å². The lowest BCUT2D eigenvalue weighted by Crippen LogP contribution is -2.70. The van der Waals surface area contributed by atoms with Gasteiger partial charge in [0.2, 0.25) is 12.3 Å². The maximum absolute atomic E-state index is 15.4. The summed E-state index contributed by atoms with van der Waals surface area (Å²) < 4.78 is 27.3. The van der Waals surface area contributed by atoms with Crippen molar-refractivity contribution >= 4 is 34.3 Å². The fourth-order valence-corrected chi connectivity index (χ4v) is 5.66. The number of likely N-dealkylation sites (N-methyl/N-ethyl adjacent to an activating group) is 1. The van der Waals surface area contributed by atoms with E-state index in [1.165, 1.54) is 30.1 Å². The van der Waals surface area contributed by atoms with Crippen LogP contribution >= 0.6 is 0 Å². The Bertz CT molecular complexity index is 1440. The Hall–Kier alpha value is -3.33. The van der Waals surface area contributed by atoms with Gasteiger partial charge >= 0.3 is 0 Å². The van der Waals surface area contributed by atoms with Gasteiger partial charge < -0.3 is 44.9 Å². The fraction of sp³-hybridized carbons (Fsp3) is 0.516. The van der Waals surface area contributed by atoms with Gasteiger partial charge in [0.05, 0.1) is 28.7 Å². The predicted molar refractivity (Wildman–Crippen MR) is 166 cm³/mol. The van der Waals surface area contributed by atoms with Crippen molar-refractivity contribution in [1.29, 1.82) is 0 Å². The summed E-state index contributed by atoms with van der Waals surface area (Å²) in [6.45, 7) is 8.58. The van der Waals surface area contributed by atoms with Crippen molar-refractivity contribution in [3.8, 4) is 5.75 Å². The summed E-state index contributed by atoms with van der Waals surface area (Å²) in [4.78, 5) is 38.5. The number of benzene rings is 2. The molecule has 4 radical (unpaired) electrons. The number of rotatable bonds is 13. The number of amides is 2. The first kappa shape index (κ1) is 37.1. The Labute approximate surface area is 270 Å². The number of aldehydes is 1. The molecule has 2 aromatic carbocycles. The zero-order chi connectivity index (χ0) is 34.9. The molecule has 3 atom stereocenters. The molecule has 1 aliphatic heterocycles. The monoisotopic (exact) mass is 639 g/mol. The molecule has 0 saturated carbocycles. The van der Waals surface area contributed by atoms with Gasteiger partial charge in [-0.1, -0.05) is 24.3 Å². The highest BCUT2D eigenvalue weighted by molar-refractivity contribution is 6.33. The molecular formula is C31H40B2FN3O9. The summed E-state index contributed by atoms with van der Waals surface area (Å²) in [5.74, 6) is -4.13. The van der Waals surface area contributed by atoms with E-state index in [9.17, 15) is 34.8 Å². The number of carbonyl (C=O) groups is 3. The number of nitrogens with zero attached hydrogens (tertiary/aromatic N) is 2. The Balaban J connectivity index is 1.88. The van der Waals surface area contributed by atoms with Crippen LogP contribution in [0.1, 0.15) is 49.9 Å². The molecule has 12 nitrogen and oxygen atoms in total. The number of aliphatic hydroxyl groups is 4. The molecule has 3 unspecified atom stereocenters. The second kappa shape index (κ2) is 13.4. The third-order valence-corrected chi connectivity index (χ3v) is 7.87. The topological polar surface area (TPSA) is 169 Å². The van der Waals surface area contributed by atoms with E-state index >= 15 is 4.39 Å². The van der Waals surface area contributed by atoms with E-state index in [-0.39, 0.29) is 49.3 Å². The summed E-state index contributed by atoms with van der Waals surface area (Å²) in [5, 5.41) is 45.4. The number of hydrogen-bond acceptors (Lipinski definition) is 10. The zero-order valence-corrected chi connectivity index (χ0v) is 26.8. The van der Waals surface area contributed by atoms with E-state index in [0.29, 0.717) is 11.1 Å². The molecule has 0 bridgehead atoms. The predicted octanol–water partition coefficient (Wildman–Crippen LogP) is -0.316. The van der Waals surface area contributed by atoms with Gasteiger partial charge in [0.1, 0.15) is 46.2 Å². The maximum atomic E-state index is 15.4. The number of morpholine rings is 1. The highest BCUT2D eigenvalue weighted by Gasteiger charge is 2.52. The number of carbonyl (C=O) groups excluding carboxylic acids is 3. The van der Waals surface area contributed by atoms with E-state index < -0.39 is 52.4 Å². The molecule has 1 fully saturated rings. The van der Waals surface area contributed by atoms with Crippen LogP contribution in [0.5, 0.6) is 5.75 Å². The SMILES string of the molecule is [B]C(O)(C=O)C([B])(O)C(C(=O)NC)N(C=O)Cc1c(C)cccc1OCc1ccc(C(O)(O)N2CC(C)(C)OC(C)(C)C2)cc1F. The van der Waals surface area contributed by atoms with Gasteiger partial charge in [-0.2, -0.15) is 0 Å². The summed E-state index contributed by atoms with van der Waals surface area (Å²) in [6, 6.07) is 6.54. The molecule has 15 heteroatoms. The van der Waals surface area contributed by atoms with Crippen LogP contribution < -0.4 is 10.1 Å². The van der Waals surface area contributed by atoms with Crippen LogP contribution in [0.2, 0.25) is 0 Å². The highest BCUT2D eigenvalue weighted by atomic mass is 19.1. The first-order valence-corrected chi connectivity index (χ1v) is 14.4. The average molecular weight is 639 g/mol. The number of nitrogens with one attached hydrogen (secondary N) is 1. The normalized spacial score (nSPS) is 19.6. The van der Waals surface area contributed by atoms with Crippen LogP contribution in [-0.4, -0.2) is 113 Å². The zero-order valence-electron chi connectivity index (χ0n) is 26.8. The molecule has 2 aromatic rings. The van der Waals surface area contributed by atoms with Gasteiger partial charge in [-0.25, -0.2) is 9.29 Å². The Morgan fingerprint density at radius 3 is 2.26 bits per heavy atom. The van der Waals surface area contributed by atoms with Crippen molar-refractivity contribution in [3.05, 3.63) is 64.5 Å². The largest absolute Gasteiger partial charge is 0.488 e. The molecule has 46 heavy (non-hydrogen) atoms. The lowest BCUT2D eigenvalue weighted by Gasteiger charge is -2.50. The molecule has 2 amide bonds. The van der Waals surface area contributed by atoms with E-state index in [2.05, 4.69) is 5.32 Å². The van der Waals surface area contributed by atoms with Crippen molar-refractivity contribution in [1.82, 2.24) is 15.1 Å². The van der Waals surface area contributed by atoms with Crippen LogP contribution in [0.25, 0.3) is 0 Å². The minimum Gasteiger partial charge on any atom is -0.488 e. The van der Waals surface area contributed by atoms with Gasteiger partial charge in [0.15, 0.2) is 0 Å². The molecule has 246 valence electrons. The van der Waals surface area contributed by atoms with Crippen LogP contribution in [0.15, 0.2) is 36.4 Å². The summed E-state index contributed by atoms with van der Waals surface area (Å²) >= 11 is 0. The van der Waals surface area contributed by atoms with E-state index in [1.807, 2.05) is 27.7 Å². The summed E-state index contributed by atoms with van der Waals surface area (Å²) in [6.07, 6.45) is -0.0753. The molecule has 1 heterocycles. The van der Waals surface area contributed by atoms with E-state index in [1.54, 1.807) is 19.1 Å². The van der Waals surface area contributed by atoms with Crippen LogP contribution in [0, 0.1) is 12.7 Å². The van der Waals surface area contributed by atoms with Gasteiger partial charge in [0.25, 0.3) is 5.91 Å². The Kier molecular flexibility index (Phi) is 10.8. The summed E-state index contributed by atoms with van der Waals surface area (Å²) in [5.41, 5.74) is -6.76. The van der Waals surface area contributed by atoms with Gasteiger partial charge in [-0.15, -0.1) is 0 Å². The number of halogens is 1. The van der Waals surface area contributed by atoms with Crippen LogP contribution in [0.4, 0.5) is 4.39 Å². The van der Waals surface area contributed by atoms with Crippen molar-refractivity contribution in [2.75, 3.05) is 20.1 Å². The molecule has 0 aliphatic carbocycles. The Morgan fingerprint density at radius 1 is 1.13 bits per heavy atom.